The van der Waals surface area contributed by atoms with Gasteiger partial charge < -0.3 is 0 Å². The lowest BCUT2D eigenvalue weighted by atomic mass is 10.5. The quantitative estimate of drug-likeness (QED) is 0.298. The van der Waals surface area contributed by atoms with Crippen LogP contribution in [-0.2, 0) is 19.4 Å². The van der Waals surface area contributed by atoms with E-state index in [0.29, 0.717) is 0 Å². The summed E-state index contributed by atoms with van der Waals surface area (Å²) in [6, 6.07) is 0. The molecular formula is C4H6O4. The van der Waals surface area contributed by atoms with Crippen LogP contribution in [0.25, 0.3) is 0 Å². The number of carbonyl (C=O) groups excluding carboxylic acids is 2. The average molecular weight is 118 g/mol. The summed E-state index contributed by atoms with van der Waals surface area (Å²) in [6.45, 7) is 1.64. The smallest absolute Gasteiger partial charge is 0.251 e. The molecule has 0 atom stereocenters. The molecule has 0 radical (unpaired) electrons. The van der Waals surface area contributed by atoms with Crippen LogP contribution in [0.1, 0.15) is 13.3 Å². The van der Waals surface area contributed by atoms with Crippen LogP contribution >= 0.6 is 0 Å². The fourth-order valence-corrected chi connectivity index (χ4v) is 0.132. The van der Waals surface area contributed by atoms with Crippen molar-refractivity contribution < 1.29 is 19.4 Å². The van der Waals surface area contributed by atoms with Crippen molar-refractivity contribution in [3.05, 3.63) is 0 Å². The van der Waals surface area contributed by atoms with Crippen LogP contribution in [0.5, 0.6) is 0 Å². The summed E-state index contributed by atoms with van der Waals surface area (Å²) in [7, 11) is 0. The predicted molar refractivity (Wildman–Crippen MR) is 23.5 cm³/mol. The molecule has 0 aliphatic heterocycles. The van der Waals surface area contributed by atoms with E-state index in [1.54, 1.807) is 6.92 Å². The van der Waals surface area contributed by atoms with Crippen LogP contribution in [0, 0.1) is 0 Å². The zero-order chi connectivity index (χ0) is 6.41. The zero-order valence-corrected chi connectivity index (χ0v) is 4.42. The van der Waals surface area contributed by atoms with E-state index >= 15 is 0 Å². The van der Waals surface area contributed by atoms with Gasteiger partial charge in [0, 0.05) is 6.42 Å². The summed E-state index contributed by atoms with van der Waals surface area (Å²) >= 11 is 0. The van der Waals surface area contributed by atoms with Gasteiger partial charge in [0.2, 0.25) is 0 Å². The molecule has 0 N–H and O–H groups in total. The Morgan fingerprint density at radius 1 is 1.75 bits per heavy atom. The molecule has 0 saturated heterocycles. The van der Waals surface area contributed by atoms with Crippen LogP contribution in [0.15, 0.2) is 0 Å². The minimum Gasteiger partial charge on any atom is -0.251 e. The minimum absolute atomic E-state index is 0.0492. The van der Waals surface area contributed by atoms with E-state index in [-0.39, 0.29) is 12.9 Å². The highest BCUT2D eigenvalue weighted by Crippen LogP contribution is 1.81. The highest BCUT2D eigenvalue weighted by atomic mass is 17.2. The molecule has 0 aliphatic rings. The molecule has 0 spiro atoms. The normalized spacial score (nSPS) is 7.62. The van der Waals surface area contributed by atoms with Gasteiger partial charge in [0.15, 0.2) is 0 Å². The van der Waals surface area contributed by atoms with Gasteiger partial charge in [-0.05, 0) is 0 Å². The molecule has 0 bridgehead atoms. The predicted octanol–water partition coefficient (Wildman–Crippen LogP) is 0.0276. The van der Waals surface area contributed by atoms with E-state index in [1.165, 1.54) is 0 Å². The molecule has 0 rings (SSSR count). The van der Waals surface area contributed by atoms with Gasteiger partial charge in [0.05, 0.1) is 0 Å². The molecule has 0 aromatic carbocycles. The second kappa shape index (κ2) is 4.11. The number of rotatable bonds is 3. The van der Waals surface area contributed by atoms with Gasteiger partial charge in [0.25, 0.3) is 0 Å². The molecule has 0 aromatic rings. The second-order valence-electron chi connectivity index (χ2n) is 1.00. The molecule has 46 valence electrons. The van der Waals surface area contributed by atoms with Crippen LogP contribution < -0.4 is 0 Å². The van der Waals surface area contributed by atoms with E-state index in [1.807, 2.05) is 0 Å². The molecular weight excluding hydrogens is 112 g/mol. The Labute approximate surface area is 46.3 Å². The van der Waals surface area contributed by atoms with Crippen molar-refractivity contribution in [3.63, 3.8) is 0 Å². The molecule has 4 heteroatoms. The molecule has 4 nitrogen and oxygen atoms in total. The van der Waals surface area contributed by atoms with Gasteiger partial charge in [-0.2, -0.15) is 0 Å². The highest BCUT2D eigenvalue weighted by Gasteiger charge is 1.95. The molecule has 0 fully saturated rings. The van der Waals surface area contributed by atoms with Gasteiger partial charge >= 0.3 is 12.4 Å². The first-order chi connectivity index (χ1) is 3.81. The summed E-state index contributed by atoms with van der Waals surface area (Å²) < 4.78 is 0. The van der Waals surface area contributed by atoms with Crippen molar-refractivity contribution in [2.45, 2.75) is 13.3 Å². The Kier molecular flexibility index (Phi) is 3.56. The lowest BCUT2D eigenvalue weighted by Crippen LogP contribution is -2.01. The fourth-order valence-electron chi connectivity index (χ4n) is 0.132. The van der Waals surface area contributed by atoms with Crippen molar-refractivity contribution in [1.29, 1.82) is 0 Å². The number of carbonyl (C=O) groups is 2. The first-order valence-corrected chi connectivity index (χ1v) is 2.11. The third kappa shape index (κ3) is 3.14. The molecule has 0 amide bonds. The molecule has 0 unspecified atom stereocenters. The van der Waals surface area contributed by atoms with Crippen molar-refractivity contribution in [2.75, 3.05) is 0 Å². The first kappa shape index (κ1) is 6.94. The summed E-state index contributed by atoms with van der Waals surface area (Å²) in [5.41, 5.74) is 0. The van der Waals surface area contributed by atoms with Gasteiger partial charge in [-0.25, -0.2) is 9.68 Å². The Hall–Kier alpha value is -1.06. The second-order valence-corrected chi connectivity index (χ2v) is 1.00. The lowest BCUT2D eigenvalue weighted by molar-refractivity contribution is -0.247. The molecule has 0 heterocycles. The summed E-state index contributed by atoms with van der Waals surface area (Å²) in [5, 5.41) is 0. The summed E-state index contributed by atoms with van der Waals surface area (Å²) in [6.07, 6.45) is 0.202. The maximum Gasteiger partial charge on any atom is 0.355 e. The van der Waals surface area contributed by atoms with Crippen molar-refractivity contribution in [2.24, 2.45) is 0 Å². The first-order valence-electron chi connectivity index (χ1n) is 2.11. The Balaban J connectivity index is 3.11. The van der Waals surface area contributed by atoms with Crippen molar-refractivity contribution in [1.82, 2.24) is 0 Å². The Bertz CT molecular complexity index is 88.0. The maximum absolute atomic E-state index is 10.1. The Morgan fingerprint density at radius 3 is 2.75 bits per heavy atom. The van der Waals surface area contributed by atoms with Crippen molar-refractivity contribution >= 4 is 12.4 Å². The lowest BCUT2D eigenvalue weighted by Gasteiger charge is -1.91. The number of hydrogen-bond donors (Lipinski definition) is 0. The van der Waals surface area contributed by atoms with E-state index in [0.717, 1.165) is 0 Å². The highest BCUT2D eigenvalue weighted by molar-refractivity contribution is 5.68. The molecule has 8 heavy (non-hydrogen) atoms. The topological polar surface area (TPSA) is 52.6 Å². The van der Waals surface area contributed by atoms with E-state index in [2.05, 4.69) is 9.78 Å². The monoisotopic (exact) mass is 118 g/mol. The molecule has 0 aromatic heterocycles. The van der Waals surface area contributed by atoms with E-state index in [9.17, 15) is 9.59 Å². The molecule has 0 saturated carbocycles. The van der Waals surface area contributed by atoms with E-state index in [4.69, 9.17) is 0 Å². The summed E-state index contributed by atoms with van der Waals surface area (Å²) in [4.78, 5) is 26.9. The summed E-state index contributed by atoms with van der Waals surface area (Å²) in [5.74, 6) is -0.558. The van der Waals surface area contributed by atoms with Gasteiger partial charge in [0.1, 0.15) is 0 Å². The molecule has 0 aliphatic carbocycles. The fraction of sp³-hybridized carbons (Fsp3) is 0.500. The van der Waals surface area contributed by atoms with Crippen LogP contribution in [0.3, 0.4) is 0 Å². The number of hydrogen-bond acceptors (Lipinski definition) is 4. The van der Waals surface area contributed by atoms with Crippen LogP contribution in [-0.4, -0.2) is 12.4 Å². The third-order valence-electron chi connectivity index (χ3n) is 0.469. The maximum atomic E-state index is 10.1. The Morgan fingerprint density at radius 2 is 2.38 bits per heavy atom. The van der Waals surface area contributed by atoms with Gasteiger partial charge in [-0.1, -0.05) is 6.92 Å². The third-order valence-corrected chi connectivity index (χ3v) is 0.469. The van der Waals surface area contributed by atoms with Gasteiger partial charge in [-0.3, -0.25) is 9.68 Å². The standard InChI is InChI=1S/C4H6O4/c1-2-4(6)8-7-3-5/h3H,2H2,1H3. The average Bonchev–Trinajstić information content (AvgIpc) is 1.83. The minimum atomic E-state index is -0.558. The van der Waals surface area contributed by atoms with Crippen LogP contribution in [0.2, 0.25) is 0 Å². The van der Waals surface area contributed by atoms with E-state index < -0.39 is 5.97 Å². The largest absolute Gasteiger partial charge is 0.355 e. The SMILES string of the molecule is CCC(=O)OOC=O. The van der Waals surface area contributed by atoms with Gasteiger partial charge in [-0.15, -0.1) is 0 Å². The zero-order valence-electron chi connectivity index (χ0n) is 4.42. The van der Waals surface area contributed by atoms with Crippen LogP contribution in [0.4, 0.5) is 0 Å². The van der Waals surface area contributed by atoms with Crippen molar-refractivity contribution in [3.8, 4) is 0 Å².